The lowest BCUT2D eigenvalue weighted by molar-refractivity contribution is -0.116. The van der Waals surface area contributed by atoms with Crippen molar-refractivity contribution in [2.75, 3.05) is 12.4 Å². The number of anilines is 1. The summed E-state index contributed by atoms with van der Waals surface area (Å²) in [6.45, 7) is 1.98. The summed E-state index contributed by atoms with van der Waals surface area (Å²) in [5.41, 5.74) is 2.26. The molecule has 2 aromatic heterocycles. The molecule has 8 nitrogen and oxygen atoms in total. The number of amides is 1. The van der Waals surface area contributed by atoms with Crippen molar-refractivity contribution in [3.63, 3.8) is 0 Å². The Morgan fingerprint density at radius 2 is 1.94 bits per heavy atom. The zero-order valence-corrected chi connectivity index (χ0v) is 19.7. The van der Waals surface area contributed by atoms with Gasteiger partial charge in [0.25, 0.3) is 5.56 Å². The van der Waals surface area contributed by atoms with Crippen LogP contribution in [0.25, 0.3) is 10.9 Å². The second kappa shape index (κ2) is 9.58. The zero-order valence-electron chi connectivity index (χ0n) is 19.7. The van der Waals surface area contributed by atoms with Crippen LogP contribution < -0.4 is 20.3 Å². The number of pyridine rings is 1. The molecule has 1 fully saturated rings. The number of hydrogen-bond donors (Lipinski definition) is 1. The maximum absolute atomic E-state index is 13.0. The maximum Gasteiger partial charge on any atom is 0.261 e. The average Bonchev–Trinajstić information content (AvgIpc) is 3.70. The topological polar surface area (TPSA) is 95.3 Å². The molecule has 1 N–H and O–H groups in total. The first-order valence-electron chi connectivity index (χ1n) is 11.6. The Hall–Kier alpha value is -4.20. The van der Waals surface area contributed by atoms with Gasteiger partial charge in [0, 0.05) is 24.9 Å². The number of aryl methyl sites for hydroxylation is 2. The van der Waals surface area contributed by atoms with Gasteiger partial charge >= 0.3 is 0 Å². The average molecular weight is 471 g/mol. The van der Waals surface area contributed by atoms with Crippen LogP contribution >= 0.6 is 0 Å². The molecule has 0 radical (unpaired) electrons. The molecule has 2 aromatic carbocycles. The van der Waals surface area contributed by atoms with Crippen LogP contribution in [0.3, 0.4) is 0 Å². The number of aromatic nitrogens is 3. The van der Waals surface area contributed by atoms with Gasteiger partial charge in [0.05, 0.1) is 29.9 Å². The molecule has 0 bridgehead atoms. The van der Waals surface area contributed by atoms with Crippen LogP contribution in [0.4, 0.5) is 5.69 Å². The van der Waals surface area contributed by atoms with Crippen LogP contribution in [0.5, 0.6) is 17.4 Å². The van der Waals surface area contributed by atoms with Crippen molar-refractivity contribution in [3.05, 3.63) is 82.5 Å². The Labute approximate surface area is 202 Å². The number of para-hydroxylation sites is 1. The number of rotatable bonds is 8. The summed E-state index contributed by atoms with van der Waals surface area (Å²) in [4.78, 5) is 34.6. The van der Waals surface area contributed by atoms with E-state index >= 15 is 0 Å². The highest BCUT2D eigenvalue weighted by atomic mass is 16.5. The SMILES string of the molecule is COc1cc(C)ccc1Oc1ccc(NC(=O)CCc2nc3ccccc3c(=O)n2C2CC2)cn1. The number of fused-ring (bicyclic) bond motifs is 1. The largest absolute Gasteiger partial charge is 0.493 e. The number of nitrogens with one attached hydrogen (secondary N) is 1. The Balaban J connectivity index is 1.24. The molecule has 8 heteroatoms. The van der Waals surface area contributed by atoms with Crippen LogP contribution in [0, 0.1) is 6.92 Å². The van der Waals surface area contributed by atoms with Crippen LogP contribution in [0.2, 0.25) is 0 Å². The maximum atomic E-state index is 13.0. The molecule has 178 valence electrons. The third-order valence-electron chi connectivity index (χ3n) is 5.92. The van der Waals surface area contributed by atoms with E-state index < -0.39 is 0 Å². The predicted molar refractivity (Wildman–Crippen MR) is 133 cm³/mol. The summed E-state index contributed by atoms with van der Waals surface area (Å²) < 4.78 is 12.9. The number of carbonyl (C=O) groups excluding carboxylic acids is 1. The minimum Gasteiger partial charge on any atom is -0.493 e. The van der Waals surface area contributed by atoms with Gasteiger partial charge in [-0.15, -0.1) is 0 Å². The molecule has 0 aliphatic heterocycles. The molecule has 0 atom stereocenters. The van der Waals surface area contributed by atoms with Gasteiger partial charge in [-0.2, -0.15) is 0 Å². The molecular weight excluding hydrogens is 444 g/mol. The van der Waals surface area contributed by atoms with Crippen molar-refractivity contribution in [3.8, 4) is 17.4 Å². The summed E-state index contributed by atoms with van der Waals surface area (Å²) >= 11 is 0. The number of hydrogen-bond acceptors (Lipinski definition) is 6. The lowest BCUT2D eigenvalue weighted by Crippen LogP contribution is -2.25. The van der Waals surface area contributed by atoms with Gasteiger partial charge in [0.2, 0.25) is 11.8 Å². The molecule has 35 heavy (non-hydrogen) atoms. The van der Waals surface area contributed by atoms with Crippen molar-refractivity contribution in [1.29, 1.82) is 0 Å². The third-order valence-corrected chi connectivity index (χ3v) is 5.92. The molecule has 5 rings (SSSR count). The van der Waals surface area contributed by atoms with E-state index in [1.165, 1.54) is 0 Å². The number of methoxy groups -OCH3 is 1. The van der Waals surface area contributed by atoms with E-state index in [2.05, 4.69) is 10.3 Å². The van der Waals surface area contributed by atoms with Crippen LogP contribution in [-0.2, 0) is 11.2 Å². The molecule has 1 aliphatic carbocycles. The zero-order chi connectivity index (χ0) is 24.4. The third kappa shape index (κ3) is 5.01. The van der Waals surface area contributed by atoms with E-state index in [9.17, 15) is 9.59 Å². The first kappa shape index (κ1) is 22.6. The van der Waals surface area contributed by atoms with Crippen molar-refractivity contribution < 1.29 is 14.3 Å². The second-order valence-electron chi connectivity index (χ2n) is 8.64. The van der Waals surface area contributed by atoms with E-state index in [1.807, 2.05) is 43.3 Å². The molecule has 0 spiro atoms. The van der Waals surface area contributed by atoms with Crippen LogP contribution in [0.1, 0.15) is 36.7 Å². The highest BCUT2D eigenvalue weighted by molar-refractivity contribution is 5.90. The minimum absolute atomic E-state index is 0.0292. The predicted octanol–water partition coefficient (Wildman–Crippen LogP) is 4.81. The van der Waals surface area contributed by atoms with Crippen molar-refractivity contribution in [2.24, 2.45) is 0 Å². The highest BCUT2D eigenvalue weighted by Gasteiger charge is 2.28. The minimum atomic E-state index is -0.176. The molecule has 0 unspecified atom stereocenters. The molecular formula is C27H26N4O4. The molecule has 1 aliphatic rings. The quantitative estimate of drug-likeness (QED) is 0.397. The molecule has 1 saturated carbocycles. The number of nitrogens with zero attached hydrogens (tertiary/aromatic N) is 3. The van der Waals surface area contributed by atoms with E-state index in [4.69, 9.17) is 14.5 Å². The molecule has 2 heterocycles. The lowest BCUT2D eigenvalue weighted by Gasteiger charge is -2.13. The Kier molecular flexibility index (Phi) is 6.18. The fourth-order valence-electron chi connectivity index (χ4n) is 4.01. The first-order valence-corrected chi connectivity index (χ1v) is 11.6. The van der Waals surface area contributed by atoms with Crippen LogP contribution in [-0.4, -0.2) is 27.6 Å². The van der Waals surface area contributed by atoms with Crippen molar-refractivity contribution in [1.82, 2.24) is 14.5 Å². The van der Waals surface area contributed by atoms with E-state index in [0.29, 0.717) is 46.2 Å². The Bertz CT molecular complexity index is 1440. The van der Waals surface area contributed by atoms with Crippen molar-refractivity contribution in [2.45, 2.75) is 38.6 Å². The summed E-state index contributed by atoms with van der Waals surface area (Å²) in [7, 11) is 1.59. The van der Waals surface area contributed by atoms with Gasteiger partial charge in [-0.1, -0.05) is 18.2 Å². The summed E-state index contributed by atoms with van der Waals surface area (Å²) in [6, 6.07) is 16.6. The normalized spacial score (nSPS) is 13.0. The standard InChI is InChI=1S/C27H26N4O4/c1-17-7-11-22(23(15-17)34-2)35-26-14-8-18(16-28-26)29-25(32)13-12-24-30-21-6-4-3-5-20(21)27(33)31(24)19-9-10-19/h3-8,11,14-16,19H,9-10,12-13H2,1-2H3,(H,29,32). The Morgan fingerprint density at radius 3 is 2.69 bits per heavy atom. The van der Waals surface area contributed by atoms with Gasteiger partial charge < -0.3 is 14.8 Å². The second-order valence-corrected chi connectivity index (χ2v) is 8.64. The summed E-state index contributed by atoms with van der Waals surface area (Å²) in [5.74, 6) is 2.05. The fraction of sp³-hybridized carbons (Fsp3) is 0.259. The monoisotopic (exact) mass is 470 g/mol. The van der Waals surface area contributed by atoms with Gasteiger partial charge in [-0.3, -0.25) is 14.2 Å². The number of carbonyl (C=O) groups is 1. The van der Waals surface area contributed by atoms with Crippen molar-refractivity contribution >= 4 is 22.5 Å². The van der Waals surface area contributed by atoms with E-state index in [0.717, 1.165) is 18.4 Å². The fourth-order valence-corrected chi connectivity index (χ4v) is 4.01. The summed E-state index contributed by atoms with van der Waals surface area (Å²) in [6.07, 6.45) is 4.06. The van der Waals surface area contributed by atoms with Gasteiger partial charge in [0.1, 0.15) is 5.82 Å². The van der Waals surface area contributed by atoms with Gasteiger partial charge in [0.15, 0.2) is 11.5 Å². The molecule has 1 amide bonds. The lowest BCUT2D eigenvalue weighted by atomic mass is 10.2. The first-order chi connectivity index (χ1) is 17.0. The van der Waals surface area contributed by atoms with Gasteiger partial charge in [-0.05, 0) is 55.7 Å². The van der Waals surface area contributed by atoms with E-state index in [1.54, 1.807) is 36.1 Å². The van der Waals surface area contributed by atoms with Gasteiger partial charge in [-0.25, -0.2) is 9.97 Å². The number of benzene rings is 2. The Morgan fingerprint density at radius 1 is 1.11 bits per heavy atom. The van der Waals surface area contributed by atoms with Crippen LogP contribution in [0.15, 0.2) is 65.6 Å². The number of ether oxygens (including phenoxy) is 2. The smallest absolute Gasteiger partial charge is 0.261 e. The molecule has 0 saturated heterocycles. The van der Waals surface area contributed by atoms with E-state index in [-0.39, 0.29) is 23.9 Å². The highest BCUT2D eigenvalue weighted by Crippen LogP contribution is 2.35. The molecule has 4 aromatic rings. The summed E-state index contributed by atoms with van der Waals surface area (Å²) in [5, 5.41) is 3.47.